The monoisotopic (exact) mass is 447 g/mol. The molecule has 0 spiro atoms. The number of carboxylic acid groups (broad SMARTS) is 1. The first-order chi connectivity index (χ1) is 15.3. The number of carbonyl (C=O) groups excluding carboxylic acids is 1. The van der Waals surface area contributed by atoms with E-state index in [0.717, 1.165) is 28.0 Å². The number of amides is 1. The predicted octanol–water partition coefficient (Wildman–Crippen LogP) is 7.44. The molecule has 0 aliphatic rings. The van der Waals surface area contributed by atoms with Crippen molar-refractivity contribution in [2.45, 2.75) is 34.1 Å². The summed E-state index contributed by atoms with van der Waals surface area (Å²) in [5, 5.41) is 12.0. The van der Waals surface area contributed by atoms with Gasteiger partial charge in [-0.1, -0.05) is 49.1 Å². The molecule has 2 N–H and O–H groups in total. The average Bonchev–Trinajstić information content (AvgIpc) is 3.14. The van der Waals surface area contributed by atoms with Crippen molar-refractivity contribution in [1.29, 1.82) is 0 Å². The fourth-order valence-corrected chi connectivity index (χ4v) is 4.09. The van der Waals surface area contributed by atoms with Crippen LogP contribution in [0.15, 0.2) is 84.0 Å². The second-order valence-electron chi connectivity index (χ2n) is 7.31. The lowest BCUT2D eigenvalue weighted by Gasteiger charge is -2.08. The molecule has 0 unspecified atom stereocenters. The zero-order valence-electron chi connectivity index (χ0n) is 18.9. The second kappa shape index (κ2) is 11.8. The highest BCUT2D eigenvalue weighted by atomic mass is 32.1. The molecule has 0 aliphatic carbocycles. The van der Waals surface area contributed by atoms with Gasteiger partial charge in [0, 0.05) is 4.88 Å². The van der Waals surface area contributed by atoms with E-state index in [9.17, 15) is 14.7 Å². The number of hydrogen-bond donors (Lipinski definition) is 2. The third-order valence-electron chi connectivity index (χ3n) is 5.00. The Kier molecular flexibility index (Phi) is 9.17. The van der Waals surface area contributed by atoms with E-state index in [4.69, 9.17) is 0 Å². The van der Waals surface area contributed by atoms with Gasteiger partial charge in [-0.05, 0) is 80.7 Å². The van der Waals surface area contributed by atoms with E-state index in [2.05, 4.69) is 37.9 Å². The molecule has 2 rings (SSSR count). The van der Waals surface area contributed by atoms with Crippen molar-refractivity contribution in [2.75, 3.05) is 5.32 Å². The number of thiophene rings is 1. The maximum absolute atomic E-state index is 12.7. The number of carboxylic acids is 1. The van der Waals surface area contributed by atoms with Crippen molar-refractivity contribution in [3.05, 3.63) is 105 Å². The van der Waals surface area contributed by atoms with Gasteiger partial charge in [0.2, 0.25) is 0 Å². The number of aryl methyl sites for hydroxylation is 1. The molecule has 2 aromatic rings. The fraction of sp³-hybridized carbons (Fsp3) is 0.185. The van der Waals surface area contributed by atoms with Gasteiger partial charge in [-0.2, -0.15) is 0 Å². The highest BCUT2D eigenvalue weighted by Crippen LogP contribution is 2.26. The van der Waals surface area contributed by atoms with E-state index in [1.54, 1.807) is 18.2 Å². The Hall–Kier alpha value is -3.44. The number of rotatable bonds is 9. The van der Waals surface area contributed by atoms with E-state index in [-0.39, 0.29) is 17.2 Å². The van der Waals surface area contributed by atoms with E-state index in [1.807, 2.05) is 44.2 Å². The van der Waals surface area contributed by atoms with Crippen LogP contribution in [0.5, 0.6) is 0 Å². The SMILES string of the molecule is C=C/C(C)=C(C/C=C\C)/C(C)=C\C=C\c1sc(C(=O)Nc2ccccc2C(=O)O)cc1C. The number of benzene rings is 1. The summed E-state index contributed by atoms with van der Waals surface area (Å²) < 4.78 is 0. The molecule has 0 radical (unpaired) electrons. The average molecular weight is 448 g/mol. The molecule has 32 heavy (non-hydrogen) atoms. The van der Waals surface area contributed by atoms with Gasteiger partial charge >= 0.3 is 5.97 Å². The van der Waals surface area contributed by atoms with Gasteiger partial charge in [0.05, 0.1) is 16.1 Å². The highest BCUT2D eigenvalue weighted by molar-refractivity contribution is 7.15. The van der Waals surface area contributed by atoms with Crippen molar-refractivity contribution in [3.8, 4) is 0 Å². The van der Waals surface area contributed by atoms with Crippen molar-refractivity contribution < 1.29 is 14.7 Å². The summed E-state index contributed by atoms with van der Waals surface area (Å²) in [4.78, 5) is 25.5. The number of nitrogens with one attached hydrogen (secondary N) is 1. The third-order valence-corrected chi connectivity index (χ3v) is 6.20. The summed E-state index contributed by atoms with van der Waals surface area (Å²) in [5.74, 6) is -1.40. The molecular weight excluding hydrogens is 418 g/mol. The molecule has 0 atom stereocenters. The minimum Gasteiger partial charge on any atom is -0.478 e. The summed E-state index contributed by atoms with van der Waals surface area (Å²) >= 11 is 1.37. The van der Waals surface area contributed by atoms with Crippen LogP contribution in [0.25, 0.3) is 6.08 Å². The zero-order chi connectivity index (χ0) is 23.7. The minimum absolute atomic E-state index is 0.0615. The molecule has 0 bridgehead atoms. The van der Waals surface area contributed by atoms with Crippen molar-refractivity contribution >= 4 is 35.0 Å². The third kappa shape index (κ3) is 6.53. The van der Waals surface area contributed by atoms with Crippen LogP contribution < -0.4 is 5.32 Å². The molecule has 0 aliphatic heterocycles. The van der Waals surface area contributed by atoms with Gasteiger partial charge in [-0.15, -0.1) is 11.3 Å². The minimum atomic E-state index is -1.08. The standard InChI is InChI=1S/C27H29NO3S/c1-6-8-13-21(18(3)7-2)19(4)12-11-16-24-20(5)17-25(32-24)26(29)28-23-15-10-9-14-22(23)27(30)31/h6-12,14-17H,2,13H2,1,3-5H3,(H,28,29)(H,30,31)/b8-6-,16-11+,19-12-,21-18+. The number of aromatic carboxylic acids is 1. The molecule has 1 aromatic carbocycles. The Morgan fingerprint density at radius 3 is 2.59 bits per heavy atom. The van der Waals surface area contributed by atoms with Gasteiger partial charge in [0.15, 0.2) is 0 Å². The largest absolute Gasteiger partial charge is 0.478 e. The van der Waals surface area contributed by atoms with E-state index < -0.39 is 5.97 Å². The van der Waals surface area contributed by atoms with Gasteiger partial charge in [-0.25, -0.2) is 4.79 Å². The number of anilines is 1. The predicted molar refractivity (Wildman–Crippen MR) is 136 cm³/mol. The molecule has 0 fully saturated rings. The Labute approximate surface area is 194 Å². The summed E-state index contributed by atoms with van der Waals surface area (Å²) in [5.41, 5.74) is 4.88. The molecule has 5 heteroatoms. The molecular formula is C27H29NO3S. The van der Waals surface area contributed by atoms with Crippen LogP contribution in [0.2, 0.25) is 0 Å². The van der Waals surface area contributed by atoms with E-state index >= 15 is 0 Å². The number of hydrogen-bond acceptors (Lipinski definition) is 3. The van der Waals surface area contributed by atoms with Gasteiger partial charge in [0.1, 0.15) is 0 Å². The smallest absolute Gasteiger partial charge is 0.337 e. The van der Waals surface area contributed by atoms with Gasteiger partial charge in [0.25, 0.3) is 5.91 Å². The lowest BCUT2D eigenvalue weighted by Crippen LogP contribution is -2.13. The van der Waals surface area contributed by atoms with Crippen LogP contribution >= 0.6 is 11.3 Å². The molecule has 1 amide bonds. The van der Waals surface area contributed by atoms with Gasteiger partial charge < -0.3 is 10.4 Å². The lowest BCUT2D eigenvalue weighted by atomic mass is 9.98. The van der Waals surface area contributed by atoms with Crippen molar-refractivity contribution in [2.24, 2.45) is 0 Å². The Bertz CT molecular complexity index is 1130. The van der Waals surface area contributed by atoms with Crippen molar-refractivity contribution in [3.63, 3.8) is 0 Å². The van der Waals surface area contributed by atoms with Crippen LogP contribution in [-0.4, -0.2) is 17.0 Å². The summed E-state index contributed by atoms with van der Waals surface area (Å²) in [6.45, 7) is 12.0. The molecule has 0 saturated carbocycles. The normalized spacial score (nSPS) is 12.8. The lowest BCUT2D eigenvalue weighted by molar-refractivity contribution is 0.0698. The maximum Gasteiger partial charge on any atom is 0.337 e. The first-order valence-electron chi connectivity index (χ1n) is 10.3. The van der Waals surface area contributed by atoms with Crippen LogP contribution in [0.4, 0.5) is 5.69 Å². The molecule has 0 saturated heterocycles. The maximum atomic E-state index is 12.7. The van der Waals surface area contributed by atoms with Crippen LogP contribution in [0, 0.1) is 6.92 Å². The molecule has 166 valence electrons. The Morgan fingerprint density at radius 1 is 1.22 bits per heavy atom. The quantitative estimate of drug-likeness (QED) is 0.310. The van der Waals surface area contributed by atoms with Gasteiger partial charge in [-0.3, -0.25) is 4.79 Å². The van der Waals surface area contributed by atoms with Crippen LogP contribution in [0.3, 0.4) is 0 Å². The Morgan fingerprint density at radius 2 is 1.94 bits per heavy atom. The van der Waals surface area contributed by atoms with E-state index in [0.29, 0.717) is 4.88 Å². The van der Waals surface area contributed by atoms with Crippen molar-refractivity contribution in [1.82, 2.24) is 0 Å². The number of para-hydroxylation sites is 1. The highest BCUT2D eigenvalue weighted by Gasteiger charge is 2.15. The topological polar surface area (TPSA) is 66.4 Å². The summed E-state index contributed by atoms with van der Waals surface area (Å²) in [7, 11) is 0. The van der Waals surface area contributed by atoms with Crippen LogP contribution in [0.1, 0.15) is 57.7 Å². The van der Waals surface area contributed by atoms with Crippen LogP contribution in [-0.2, 0) is 0 Å². The number of allylic oxidation sites excluding steroid dienone is 8. The summed E-state index contributed by atoms with van der Waals surface area (Å²) in [6, 6.07) is 8.19. The fourth-order valence-electron chi connectivity index (χ4n) is 3.11. The van der Waals surface area contributed by atoms with E-state index in [1.165, 1.54) is 23.0 Å². The first-order valence-corrected chi connectivity index (χ1v) is 11.1. The summed E-state index contributed by atoms with van der Waals surface area (Å²) in [6.07, 6.45) is 12.9. The molecule has 1 heterocycles. The first kappa shape index (κ1) is 24.8. The molecule has 1 aromatic heterocycles. The number of carbonyl (C=O) groups is 2. The second-order valence-corrected chi connectivity index (χ2v) is 8.39. The Balaban J connectivity index is 2.21. The molecule has 4 nitrogen and oxygen atoms in total. The zero-order valence-corrected chi connectivity index (χ0v) is 19.8.